The largest absolute Gasteiger partial charge is 0.480 e. The Morgan fingerprint density at radius 3 is 2.64 bits per heavy atom. The fraction of sp³-hybridized carbons (Fsp3) is 0.600. The average molecular weight is 241 g/mol. The van der Waals surface area contributed by atoms with Crippen molar-refractivity contribution in [1.29, 1.82) is 0 Å². The second-order valence-corrected chi connectivity index (χ2v) is 5.39. The highest BCUT2D eigenvalue weighted by Crippen LogP contribution is 2.27. The minimum atomic E-state index is -4.43. The zero-order valence-electron chi connectivity index (χ0n) is 6.78. The van der Waals surface area contributed by atoms with Crippen LogP contribution in [0.1, 0.15) is 0 Å². The number of nitrogens with zero attached hydrogens (tertiary/aromatic N) is 1. The maximum absolute atomic E-state index is 11.0. The lowest BCUT2D eigenvalue weighted by Crippen LogP contribution is -2.40. The molecule has 2 N–H and O–H groups in total. The zero-order valence-corrected chi connectivity index (χ0v) is 8.42. The van der Waals surface area contributed by atoms with E-state index in [1.807, 2.05) is 0 Å². The molecule has 1 amide bonds. The van der Waals surface area contributed by atoms with Gasteiger partial charge in [0.15, 0.2) is 0 Å². The highest BCUT2D eigenvalue weighted by atomic mass is 32.3. The Kier molecular flexibility index (Phi) is 3.02. The first-order valence-corrected chi connectivity index (χ1v) is 5.96. The lowest BCUT2D eigenvalue weighted by Gasteiger charge is -2.18. The van der Waals surface area contributed by atoms with E-state index in [9.17, 15) is 18.0 Å². The van der Waals surface area contributed by atoms with E-state index in [0.717, 1.165) is 0 Å². The molecular weight excluding hydrogens is 234 g/mol. The van der Waals surface area contributed by atoms with Crippen LogP contribution < -0.4 is 0 Å². The molecule has 0 aliphatic carbocycles. The topological polar surface area (TPSA) is 112 Å². The average Bonchev–Trinajstić information content (AvgIpc) is 2.30. The third-order valence-corrected chi connectivity index (χ3v) is 4.34. The van der Waals surface area contributed by atoms with E-state index >= 15 is 0 Å². The molecule has 1 aliphatic rings. The van der Waals surface area contributed by atoms with Gasteiger partial charge in [0.1, 0.15) is 6.54 Å². The van der Waals surface area contributed by atoms with Crippen LogP contribution >= 0.6 is 11.8 Å². The number of rotatable bonds is 3. The highest BCUT2D eigenvalue weighted by Gasteiger charge is 2.40. The smallest absolute Gasteiger partial charge is 0.323 e. The first-order valence-electron chi connectivity index (χ1n) is 3.41. The fourth-order valence-electron chi connectivity index (χ4n) is 0.988. The maximum Gasteiger partial charge on any atom is 0.323 e. The second-order valence-electron chi connectivity index (χ2n) is 2.55. The molecule has 1 heterocycles. The third kappa shape index (κ3) is 2.36. The minimum Gasteiger partial charge on any atom is -0.480 e. The van der Waals surface area contributed by atoms with Crippen LogP contribution in [0.25, 0.3) is 0 Å². The van der Waals surface area contributed by atoms with Gasteiger partial charge in [0, 0.05) is 0 Å². The Hall–Kier alpha value is -0.800. The van der Waals surface area contributed by atoms with Gasteiger partial charge in [-0.3, -0.25) is 14.1 Å². The summed E-state index contributed by atoms with van der Waals surface area (Å²) in [6.45, 7) is -0.726. The summed E-state index contributed by atoms with van der Waals surface area (Å²) >= 11 is 0.683. The number of aliphatic carboxylic acids is 1. The van der Waals surface area contributed by atoms with Gasteiger partial charge in [0.25, 0.3) is 10.1 Å². The molecule has 14 heavy (non-hydrogen) atoms. The van der Waals surface area contributed by atoms with Crippen molar-refractivity contribution in [2.24, 2.45) is 0 Å². The number of carboxylic acids is 1. The summed E-state index contributed by atoms with van der Waals surface area (Å²) in [5.41, 5.74) is 0. The van der Waals surface area contributed by atoms with Gasteiger partial charge in [-0.05, 0) is 0 Å². The molecule has 80 valence electrons. The highest BCUT2D eigenvalue weighted by molar-refractivity contribution is 8.12. The summed E-state index contributed by atoms with van der Waals surface area (Å²) < 4.78 is 28.6. The quantitative estimate of drug-likeness (QED) is 0.598. The van der Waals surface area contributed by atoms with Crippen molar-refractivity contribution in [3.63, 3.8) is 0 Å². The minimum absolute atomic E-state index is 0.141. The van der Waals surface area contributed by atoms with E-state index in [4.69, 9.17) is 9.66 Å². The Morgan fingerprint density at radius 2 is 2.21 bits per heavy atom. The Labute approximate surface area is 83.8 Å². The number of hydrogen-bond donors (Lipinski definition) is 2. The molecular formula is C5H7NO6S2. The summed E-state index contributed by atoms with van der Waals surface area (Å²) in [7, 11) is -4.43. The van der Waals surface area contributed by atoms with Gasteiger partial charge in [0.2, 0.25) is 10.6 Å². The number of hydrogen-bond acceptors (Lipinski definition) is 5. The van der Waals surface area contributed by atoms with Crippen LogP contribution in [-0.2, 0) is 19.7 Å². The predicted octanol–water partition coefficient (Wildman–Crippen LogP) is -1.18. The number of carboxylic acid groups (broad SMARTS) is 1. The predicted molar refractivity (Wildman–Crippen MR) is 47.1 cm³/mol. The maximum atomic E-state index is 11.0. The summed E-state index contributed by atoms with van der Waals surface area (Å²) in [6.07, 6.45) is 0. The van der Waals surface area contributed by atoms with Gasteiger partial charge in [-0.15, -0.1) is 11.8 Å². The third-order valence-electron chi connectivity index (χ3n) is 1.48. The van der Waals surface area contributed by atoms with E-state index in [1.165, 1.54) is 0 Å². The van der Waals surface area contributed by atoms with E-state index in [2.05, 4.69) is 0 Å². The molecule has 1 atom stereocenters. The monoisotopic (exact) mass is 241 g/mol. The normalized spacial score (nSPS) is 22.8. The lowest BCUT2D eigenvalue weighted by molar-refractivity contribution is -0.142. The van der Waals surface area contributed by atoms with Gasteiger partial charge < -0.3 is 10.0 Å². The lowest BCUT2D eigenvalue weighted by atomic mass is 10.5. The van der Waals surface area contributed by atoms with Crippen LogP contribution in [0.2, 0.25) is 0 Å². The van der Waals surface area contributed by atoms with Gasteiger partial charge in [0.05, 0.1) is 5.75 Å². The van der Waals surface area contributed by atoms with E-state index in [-0.39, 0.29) is 5.75 Å². The summed E-state index contributed by atoms with van der Waals surface area (Å²) in [6, 6.07) is 0. The van der Waals surface area contributed by atoms with Gasteiger partial charge in [-0.25, -0.2) is 0 Å². The number of carbonyl (C=O) groups excluding carboxylic acids is 1. The van der Waals surface area contributed by atoms with Crippen LogP contribution in [-0.4, -0.2) is 51.9 Å². The standard InChI is InChI=1S/C5H7NO6S2/c7-3-2-13-5(14(10,11)12)6(3)1-4(8)9/h5H,1-2H2,(H,8,9)(H,10,11,12). The number of amides is 1. The van der Waals surface area contributed by atoms with Crippen molar-refractivity contribution in [2.45, 2.75) is 4.71 Å². The molecule has 1 aliphatic heterocycles. The van der Waals surface area contributed by atoms with Gasteiger partial charge >= 0.3 is 5.97 Å². The molecule has 7 nitrogen and oxygen atoms in total. The number of carbonyl (C=O) groups is 2. The molecule has 1 saturated heterocycles. The Bertz CT molecular complexity index is 362. The SMILES string of the molecule is O=C(O)CN1C(=O)CSC1S(=O)(=O)O. The van der Waals surface area contributed by atoms with Crippen LogP contribution in [0.4, 0.5) is 0 Å². The molecule has 9 heteroatoms. The van der Waals surface area contributed by atoms with Crippen LogP contribution in [0, 0.1) is 0 Å². The zero-order chi connectivity index (χ0) is 10.9. The van der Waals surface area contributed by atoms with E-state index < -0.39 is 33.2 Å². The summed E-state index contributed by atoms with van der Waals surface area (Å²) in [5, 5.41) is 8.40. The molecule has 0 spiro atoms. The molecule has 0 aromatic carbocycles. The van der Waals surface area contributed by atoms with Crippen molar-refractivity contribution in [1.82, 2.24) is 4.90 Å². The molecule has 0 radical (unpaired) electrons. The number of thioether (sulfide) groups is 1. The van der Waals surface area contributed by atoms with E-state index in [1.54, 1.807) is 0 Å². The van der Waals surface area contributed by atoms with Gasteiger partial charge in [-0.2, -0.15) is 8.42 Å². The van der Waals surface area contributed by atoms with E-state index in [0.29, 0.717) is 16.7 Å². The van der Waals surface area contributed by atoms with Crippen molar-refractivity contribution in [2.75, 3.05) is 12.3 Å². The van der Waals surface area contributed by atoms with Crippen molar-refractivity contribution in [3.05, 3.63) is 0 Å². The molecule has 0 aromatic heterocycles. The van der Waals surface area contributed by atoms with Crippen molar-refractivity contribution >= 4 is 33.8 Å². The van der Waals surface area contributed by atoms with Gasteiger partial charge in [-0.1, -0.05) is 0 Å². The molecule has 1 rings (SSSR count). The molecule has 1 fully saturated rings. The molecule has 0 bridgehead atoms. The van der Waals surface area contributed by atoms with Crippen LogP contribution in [0.15, 0.2) is 0 Å². The second kappa shape index (κ2) is 3.75. The first kappa shape index (κ1) is 11.3. The molecule has 0 saturated carbocycles. The molecule has 0 aromatic rings. The molecule has 1 unspecified atom stereocenters. The fourth-order valence-corrected chi connectivity index (χ4v) is 3.22. The van der Waals surface area contributed by atoms with Crippen molar-refractivity contribution in [3.8, 4) is 0 Å². The van der Waals surface area contributed by atoms with Crippen LogP contribution in [0.3, 0.4) is 0 Å². The Morgan fingerprint density at radius 1 is 1.64 bits per heavy atom. The summed E-state index contributed by atoms with van der Waals surface area (Å²) in [4.78, 5) is 21.9. The summed E-state index contributed by atoms with van der Waals surface area (Å²) in [5.74, 6) is -2.08. The van der Waals surface area contributed by atoms with Crippen molar-refractivity contribution < 1.29 is 27.7 Å². The Balaban J connectivity index is 2.88. The van der Waals surface area contributed by atoms with Crippen LogP contribution in [0.5, 0.6) is 0 Å². The first-order chi connectivity index (χ1) is 6.32.